The van der Waals surface area contributed by atoms with Crippen LogP contribution in [-0.2, 0) is 24.1 Å². The number of hydrogen-bond donors (Lipinski definition) is 2. The van der Waals surface area contributed by atoms with Crippen LogP contribution in [0.5, 0.6) is 0 Å². The maximum atomic E-state index is 13.8. The van der Waals surface area contributed by atoms with Crippen molar-refractivity contribution in [2.24, 2.45) is 5.73 Å². The molecule has 3 aromatic carbocycles. The smallest absolute Gasteiger partial charge is 0.338 e. The number of nitrogens with zero attached hydrogens (tertiary/aromatic N) is 1. The minimum atomic E-state index is -0.810. The molecule has 3 aromatic rings. The van der Waals surface area contributed by atoms with Crippen molar-refractivity contribution in [3.8, 4) is 0 Å². The van der Waals surface area contributed by atoms with Gasteiger partial charge in [0, 0.05) is 43.9 Å². The summed E-state index contributed by atoms with van der Waals surface area (Å²) in [6.45, 7) is 9.75. The van der Waals surface area contributed by atoms with E-state index in [2.05, 4.69) is 24.4 Å². The Bertz CT molecular complexity index is 1310. The quantitative estimate of drug-likeness (QED) is 0.249. The molecule has 0 aromatic heterocycles. The van der Waals surface area contributed by atoms with Crippen LogP contribution in [0, 0.1) is 18.6 Å². The maximum absolute atomic E-state index is 13.8. The van der Waals surface area contributed by atoms with Crippen molar-refractivity contribution >= 4 is 11.9 Å². The van der Waals surface area contributed by atoms with Crippen molar-refractivity contribution in [1.82, 2.24) is 10.2 Å². The molecule has 0 saturated carbocycles. The van der Waals surface area contributed by atoms with Gasteiger partial charge in [0.25, 0.3) is 5.91 Å². The molecular weight excluding hydrogens is 524 g/mol. The van der Waals surface area contributed by atoms with Gasteiger partial charge in [-0.25, -0.2) is 13.6 Å². The molecule has 0 radical (unpaired) electrons. The van der Waals surface area contributed by atoms with E-state index in [-0.39, 0.29) is 24.4 Å². The zero-order valence-electron chi connectivity index (χ0n) is 24.4. The lowest BCUT2D eigenvalue weighted by molar-refractivity contribution is 0.0238. The van der Waals surface area contributed by atoms with Crippen LogP contribution in [0.2, 0.25) is 0 Å². The molecule has 2 atom stereocenters. The summed E-state index contributed by atoms with van der Waals surface area (Å²) in [5, 5.41) is 3.31. The minimum absolute atomic E-state index is 0.0969. The van der Waals surface area contributed by atoms with Gasteiger partial charge in [0.15, 0.2) is 0 Å². The second kappa shape index (κ2) is 15.4. The first-order chi connectivity index (χ1) is 19.6. The van der Waals surface area contributed by atoms with E-state index in [0.29, 0.717) is 30.8 Å². The van der Waals surface area contributed by atoms with E-state index in [1.165, 1.54) is 17.7 Å². The van der Waals surface area contributed by atoms with E-state index < -0.39 is 29.7 Å². The minimum Gasteiger partial charge on any atom is -0.456 e. The van der Waals surface area contributed by atoms with Crippen LogP contribution in [0.4, 0.5) is 8.78 Å². The summed E-state index contributed by atoms with van der Waals surface area (Å²) in [6, 6.07) is 15.6. The molecule has 1 amide bonds. The van der Waals surface area contributed by atoms with Crippen molar-refractivity contribution in [2.75, 3.05) is 19.6 Å². The fourth-order valence-corrected chi connectivity index (χ4v) is 4.82. The van der Waals surface area contributed by atoms with Crippen LogP contribution in [-0.4, -0.2) is 48.6 Å². The summed E-state index contributed by atoms with van der Waals surface area (Å²) in [5.41, 5.74) is 10.5. The van der Waals surface area contributed by atoms with Crippen molar-refractivity contribution in [1.29, 1.82) is 0 Å². The molecule has 8 heteroatoms. The highest BCUT2D eigenvalue weighted by atomic mass is 19.1. The molecule has 0 aliphatic carbocycles. The maximum Gasteiger partial charge on any atom is 0.338 e. The van der Waals surface area contributed by atoms with E-state index in [1.54, 1.807) is 23.1 Å². The number of aryl methyl sites for hydroxylation is 2. The van der Waals surface area contributed by atoms with Crippen molar-refractivity contribution in [3.05, 3.63) is 106 Å². The molecule has 0 aliphatic heterocycles. The summed E-state index contributed by atoms with van der Waals surface area (Å²) in [4.78, 5) is 28.2. The first kappa shape index (κ1) is 31.9. The number of halogens is 2. The van der Waals surface area contributed by atoms with Gasteiger partial charge in [-0.05, 0) is 85.7 Å². The Kier molecular flexibility index (Phi) is 12.0. The largest absolute Gasteiger partial charge is 0.456 e. The predicted molar refractivity (Wildman–Crippen MR) is 158 cm³/mol. The molecule has 41 heavy (non-hydrogen) atoms. The highest BCUT2D eigenvalue weighted by Crippen LogP contribution is 2.17. The van der Waals surface area contributed by atoms with E-state index in [0.717, 1.165) is 30.0 Å². The van der Waals surface area contributed by atoms with Crippen LogP contribution < -0.4 is 11.1 Å². The van der Waals surface area contributed by atoms with Crippen LogP contribution in [0.15, 0.2) is 60.7 Å². The summed E-state index contributed by atoms with van der Waals surface area (Å²) < 4.78 is 33.5. The Balaban J connectivity index is 1.81. The Morgan fingerprint density at radius 2 is 1.61 bits per heavy atom. The third-order valence-electron chi connectivity index (χ3n) is 6.93. The standard InChI is InChI=1S/C33H41F2N3O3/c1-5-11-38(7-3)32(39)26-12-22(4)13-27(18-26)33(40)41-31(21-37-20-24-10-8-9-23(6-2)14-24)30(36)17-25-15-28(34)19-29(35)16-25/h8-10,12-16,18-19,30-31,37H,5-7,11,17,20-21,36H2,1-4H3/t30-,31+/m0/s1. The molecule has 220 valence electrons. The summed E-state index contributed by atoms with van der Waals surface area (Å²) in [6.07, 6.45) is 1.03. The Hall–Kier alpha value is -3.62. The summed E-state index contributed by atoms with van der Waals surface area (Å²) in [5.74, 6) is -2.17. The number of benzene rings is 3. The summed E-state index contributed by atoms with van der Waals surface area (Å²) >= 11 is 0. The first-order valence-electron chi connectivity index (χ1n) is 14.2. The number of amides is 1. The average Bonchev–Trinajstić information content (AvgIpc) is 2.94. The molecule has 0 spiro atoms. The number of nitrogens with one attached hydrogen (secondary N) is 1. The average molecular weight is 566 g/mol. The van der Waals surface area contributed by atoms with Crippen molar-refractivity contribution in [3.63, 3.8) is 0 Å². The van der Waals surface area contributed by atoms with Gasteiger partial charge in [-0.15, -0.1) is 0 Å². The Morgan fingerprint density at radius 1 is 0.927 bits per heavy atom. The second-order valence-corrected chi connectivity index (χ2v) is 10.4. The molecule has 3 rings (SSSR count). The van der Waals surface area contributed by atoms with Gasteiger partial charge in [0.05, 0.1) is 5.56 Å². The topological polar surface area (TPSA) is 84.7 Å². The lowest BCUT2D eigenvalue weighted by Gasteiger charge is -2.25. The van der Waals surface area contributed by atoms with E-state index in [1.807, 2.05) is 32.9 Å². The van der Waals surface area contributed by atoms with Crippen molar-refractivity contribution < 1.29 is 23.1 Å². The molecule has 6 nitrogen and oxygen atoms in total. The highest BCUT2D eigenvalue weighted by Gasteiger charge is 2.25. The Morgan fingerprint density at radius 3 is 2.27 bits per heavy atom. The number of carbonyl (C=O) groups is 2. The molecular formula is C33H41F2N3O3. The number of rotatable bonds is 14. The zero-order valence-corrected chi connectivity index (χ0v) is 24.4. The van der Waals surface area contributed by atoms with Crippen molar-refractivity contribution in [2.45, 2.75) is 65.6 Å². The number of esters is 1. The van der Waals surface area contributed by atoms with Crippen LogP contribution in [0.1, 0.15) is 70.2 Å². The number of carbonyl (C=O) groups excluding carboxylic acids is 2. The second-order valence-electron chi connectivity index (χ2n) is 10.4. The van der Waals surface area contributed by atoms with Crippen LogP contribution in [0.25, 0.3) is 0 Å². The van der Waals surface area contributed by atoms with E-state index in [9.17, 15) is 18.4 Å². The highest BCUT2D eigenvalue weighted by molar-refractivity contribution is 5.98. The third-order valence-corrected chi connectivity index (χ3v) is 6.93. The van der Waals surface area contributed by atoms with Gasteiger partial charge >= 0.3 is 5.97 Å². The van der Waals surface area contributed by atoms with Gasteiger partial charge < -0.3 is 20.7 Å². The lowest BCUT2D eigenvalue weighted by Crippen LogP contribution is -2.46. The predicted octanol–water partition coefficient (Wildman–Crippen LogP) is 5.59. The van der Waals surface area contributed by atoms with Gasteiger partial charge in [-0.3, -0.25) is 4.79 Å². The molecule has 0 fully saturated rings. The van der Waals surface area contributed by atoms with E-state index >= 15 is 0 Å². The van der Waals surface area contributed by atoms with Gasteiger partial charge in [0.1, 0.15) is 17.7 Å². The van der Waals surface area contributed by atoms with E-state index in [4.69, 9.17) is 10.5 Å². The summed E-state index contributed by atoms with van der Waals surface area (Å²) in [7, 11) is 0. The monoisotopic (exact) mass is 565 g/mol. The molecule has 0 unspecified atom stereocenters. The van der Waals surface area contributed by atoms with Crippen LogP contribution in [0.3, 0.4) is 0 Å². The van der Waals surface area contributed by atoms with Crippen LogP contribution >= 0.6 is 0 Å². The fourth-order valence-electron chi connectivity index (χ4n) is 4.82. The van der Waals surface area contributed by atoms with Gasteiger partial charge in [-0.2, -0.15) is 0 Å². The number of ether oxygens (including phenoxy) is 1. The number of hydrogen-bond acceptors (Lipinski definition) is 5. The third kappa shape index (κ3) is 9.47. The van der Waals surface area contributed by atoms with Gasteiger partial charge in [0.2, 0.25) is 0 Å². The SMILES string of the molecule is CCCN(CC)C(=O)c1cc(C)cc(C(=O)O[C@H](CNCc2cccc(CC)c2)[C@@H](N)Cc2cc(F)cc(F)c2)c1. The fraction of sp³-hybridized carbons (Fsp3) is 0.394. The molecule has 0 heterocycles. The zero-order chi connectivity index (χ0) is 29.9. The van der Waals surface area contributed by atoms with Gasteiger partial charge in [-0.1, -0.05) is 38.1 Å². The molecule has 0 aliphatic rings. The number of nitrogens with two attached hydrogens (primary N) is 1. The molecule has 3 N–H and O–H groups in total. The lowest BCUT2D eigenvalue weighted by atomic mass is 10.0. The normalized spacial score (nSPS) is 12.6. The molecule has 0 saturated heterocycles. The molecule has 0 bridgehead atoms. The Labute approximate surface area is 241 Å². The first-order valence-corrected chi connectivity index (χ1v) is 14.2.